The number of ether oxygens (including phenoxy) is 1. The fourth-order valence-corrected chi connectivity index (χ4v) is 4.06. The van der Waals surface area contributed by atoms with Crippen LogP contribution in [0.25, 0.3) is 0 Å². The third-order valence-corrected chi connectivity index (χ3v) is 4.96. The second kappa shape index (κ2) is 4.96. The molecule has 0 spiro atoms. The van der Waals surface area contributed by atoms with Crippen molar-refractivity contribution in [2.45, 2.75) is 52.0 Å². The first-order chi connectivity index (χ1) is 7.02. The zero-order valence-corrected chi connectivity index (χ0v) is 10.9. The van der Waals surface area contributed by atoms with E-state index in [9.17, 15) is 4.57 Å². The van der Waals surface area contributed by atoms with Crippen LogP contribution in [0.3, 0.4) is 0 Å². The van der Waals surface area contributed by atoms with Crippen molar-refractivity contribution in [3.8, 4) is 0 Å². The van der Waals surface area contributed by atoms with Crippen molar-refractivity contribution < 1.29 is 18.3 Å². The Morgan fingerprint density at radius 2 is 1.80 bits per heavy atom. The molecule has 90 valence electrons. The molecule has 1 aliphatic heterocycles. The van der Waals surface area contributed by atoms with Gasteiger partial charge < -0.3 is 13.8 Å². The summed E-state index contributed by atoms with van der Waals surface area (Å²) in [4.78, 5) is 0. The van der Waals surface area contributed by atoms with Crippen molar-refractivity contribution in [2.24, 2.45) is 0 Å². The number of hydrogen-bond acceptors (Lipinski definition) is 4. The van der Waals surface area contributed by atoms with Crippen LogP contribution in [-0.4, -0.2) is 24.7 Å². The molecule has 0 aromatic rings. The summed E-state index contributed by atoms with van der Waals surface area (Å²) in [5.74, 6) is -0.371. The third kappa shape index (κ3) is 2.82. The summed E-state index contributed by atoms with van der Waals surface area (Å²) in [6, 6.07) is 0. The van der Waals surface area contributed by atoms with Gasteiger partial charge in [-0.25, -0.2) is 0 Å². The van der Waals surface area contributed by atoms with Gasteiger partial charge in [0.05, 0.1) is 13.2 Å². The van der Waals surface area contributed by atoms with E-state index < -0.39 is 7.60 Å². The molecular weight excluding hydrogens is 215 g/mol. The summed E-state index contributed by atoms with van der Waals surface area (Å²) in [5.41, 5.74) is -0.311. The molecule has 0 radical (unpaired) electrons. The standard InChI is InChI=1S/C10H21O4P/c1-5-8-10(4)9(14-10)15(11,12-6-2)13-7-3/h9H,5-8H2,1-4H3. The fourth-order valence-electron chi connectivity index (χ4n) is 1.83. The maximum Gasteiger partial charge on any atom is 0.362 e. The van der Waals surface area contributed by atoms with E-state index in [1.807, 2.05) is 20.8 Å². The zero-order valence-electron chi connectivity index (χ0n) is 9.99. The van der Waals surface area contributed by atoms with Crippen LogP contribution in [0, 0.1) is 0 Å². The molecule has 2 atom stereocenters. The molecule has 0 aromatic heterocycles. The first-order valence-electron chi connectivity index (χ1n) is 5.59. The minimum absolute atomic E-state index is 0.311. The van der Waals surface area contributed by atoms with E-state index in [4.69, 9.17) is 13.8 Å². The quantitative estimate of drug-likeness (QED) is 0.503. The molecule has 4 nitrogen and oxygen atoms in total. The topological polar surface area (TPSA) is 48.1 Å². The molecule has 0 amide bonds. The van der Waals surface area contributed by atoms with Crippen molar-refractivity contribution >= 4 is 7.60 Å². The molecule has 1 saturated heterocycles. The molecule has 5 heteroatoms. The van der Waals surface area contributed by atoms with Crippen LogP contribution < -0.4 is 0 Å². The summed E-state index contributed by atoms with van der Waals surface area (Å²) in [7, 11) is -3.05. The van der Waals surface area contributed by atoms with E-state index >= 15 is 0 Å². The monoisotopic (exact) mass is 236 g/mol. The molecule has 15 heavy (non-hydrogen) atoms. The minimum Gasteiger partial charge on any atom is -0.353 e. The zero-order chi connectivity index (χ0) is 11.5. The van der Waals surface area contributed by atoms with Crippen molar-refractivity contribution in [1.29, 1.82) is 0 Å². The van der Waals surface area contributed by atoms with E-state index in [0.29, 0.717) is 13.2 Å². The normalized spacial score (nSPS) is 30.5. The summed E-state index contributed by atoms with van der Waals surface area (Å²) < 4.78 is 28.3. The lowest BCUT2D eigenvalue weighted by molar-refractivity contribution is 0.207. The fraction of sp³-hybridized carbons (Fsp3) is 1.00. The molecule has 0 aliphatic carbocycles. The minimum atomic E-state index is -3.05. The Morgan fingerprint density at radius 3 is 2.20 bits per heavy atom. The average Bonchev–Trinajstić information content (AvgIpc) is 2.80. The summed E-state index contributed by atoms with van der Waals surface area (Å²) in [6.07, 6.45) is 1.90. The lowest BCUT2D eigenvalue weighted by atomic mass is 10.1. The van der Waals surface area contributed by atoms with Gasteiger partial charge in [0.1, 0.15) is 5.60 Å². The van der Waals surface area contributed by atoms with E-state index in [2.05, 4.69) is 6.92 Å². The first kappa shape index (κ1) is 13.2. The molecule has 0 saturated carbocycles. The number of rotatable bonds is 7. The van der Waals surface area contributed by atoms with Gasteiger partial charge >= 0.3 is 7.60 Å². The van der Waals surface area contributed by atoms with Gasteiger partial charge in [0.25, 0.3) is 0 Å². The van der Waals surface area contributed by atoms with Crippen LogP contribution in [0.15, 0.2) is 0 Å². The summed E-state index contributed by atoms with van der Waals surface area (Å²) in [6.45, 7) is 8.44. The highest BCUT2D eigenvalue weighted by molar-refractivity contribution is 7.54. The molecule has 0 bridgehead atoms. The Balaban J connectivity index is 2.64. The Hall–Kier alpha value is 0.110. The molecule has 0 aromatic carbocycles. The Kier molecular flexibility index (Phi) is 4.36. The Labute approximate surface area is 91.8 Å². The smallest absolute Gasteiger partial charge is 0.353 e. The van der Waals surface area contributed by atoms with E-state index in [-0.39, 0.29) is 11.4 Å². The highest BCUT2D eigenvalue weighted by Crippen LogP contribution is 2.66. The lowest BCUT2D eigenvalue weighted by Crippen LogP contribution is -2.12. The highest BCUT2D eigenvalue weighted by Gasteiger charge is 2.63. The van der Waals surface area contributed by atoms with E-state index in [1.165, 1.54) is 0 Å². The van der Waals surface area contributed by atoms with Crippen LogP contribution in [-0.2, 0) is 18.3 Å². The second-order valence-electron chi connectivity index (χ2n) is 3.91. The van der Waals surface area contributed by atoms with Gasteiger partial charge in [-0.05, 0) is 27.2 Å². The van der Waals surface area contributed by atoms with Crippen molar-refractivity contribution in [2.75, 3.05) is 13.2 Å². The van der Waals surface area contributed by atoms with Crippen LogP contribution in [0.4, 0.5) is 0 Å². The number of epoxide rings is 1. The molecule has 2 unspecified atom stereocenters. The Morgan fingerprint density at radius 1 is 1.27 bits per heavy atom. The van der Waals surface area contributed by atoms with Gasteiger partial charge in [-0.15, -0.1) is 0 Å². The second-order valence-corrected chi connectivity index (χ2v) is 5.97. The molecule has 1 fully saturated rings. The van der Waals surface area contributed by atoms with Crippen molar-refractivity contribution in [3.63, 3.8) is 0 Å². The summed E-state index contributed by atoms with van der Waals surface area (Å²) in [5, 5.41) is 0. The lowest BCUT2D eigenvalue weighted by Gasteiger charge is -2.16. The van der Waals surface area contributed by atoms with E-state index in [0.717, 1.165) is 12.8 Å². The average molecular weight is 236 g/mol. The maximum absolute atomic E-state index is 12.3. The first-order valence-corrected chi connectivity index (χ1v) is 7.20. The van der Waals surface area contributed by atoms with Gasteiger partial charge in [-0.2, -0.15) is 0 Å². The van der Waals surface area contributed by atoms with Gasteiger partial charge in [-0.3, -0.25) is 4.57 Å². The van der Waals surface area contributed by atoms with Crippen LogP contribution in [0.5, 0.6) is 0 Å². The molecule has 1 rings (SSSR count). The summed E-state index contributed by atoms with van der Waals surface area (Å²) >= 11 is 0. The number of hydrogen-bond donors (Lipinski definition) is 0. The van der Waals surface area contributed by atoms with Gasteiger partial charge in [0.2, 0.25) is 0 Å². The molecule has 1 aliphatic rings. The van der Waals surface area contributed by atoms with Gasteiger partial charge in [0.15, 0.2) is 5.85 Å². The molecule has 1 heterocycles. The maximum atomic E-state index is 12.3. The van der Waals surface area contributed by atoms with E-state index in [1.54, 1.807) is 0 Å². The van der Waals surface area contributed by atoms with Crippen LogP contribution in [0.2, 0.25) is 0 Å². The van der Waals surface area contributed by atoms with Gasteiger partial charge in [0, 0.05) is 0 Å². The third-order valence-electron chi connectivity index (χ3n) is 2.50. The van der Waals surface area contributed by atoms with Crippen LogP contribution >= 0.6 is 7.60 Å². The predicted molar refractivity (Wildman–Crippen MR) is 59.0 cm³/mol. The van der Waals surface area contributed by atoms with Crippen molar-refractivity contribution in [3.05, 3.63) is 0 Å². The SMILES string of the molecule is CCCC1(C)OC1P(=O)(OCC)OCC. The molecule has 0 N–H and O–H groups in total. The van der Waals surface area contributed by atoms with Crippen LogP contribution in [0.1, 0.15) is 40.5 Å². The Bertz CT molecular complexity index is 246. The van der Waals surface area contributed by atoms with Gasteiger partial charge in [-0.1, -0.05) is 13.3 Å². The predicted octanol–water partition coefficient (Wildman–Crippen LogP) is 3.17. The highest BCUT2D eigenvalue weighted by atomic mass is 31.2. The largest absolute Gasteiger partial charge is 0.362 e. The van der Waals surface area contributed by atoms with Crippen molar-refractivity contribution in [1.82, 2.24) is 0 Å². The molecular formula is C10H21O4P.